The molecule has 0 aromatic rings. The smallest absolute Gasteiger partial charge is 0.165 e. The lowest BCUT2D eigenvalue weighted by Gasteiger charge is -2.41. The summed E-state index contributed by atoms with van der Waals surface area (Å²) in [5.74, 6) is 0. The fourth-order valence-corrected chi connectivity index (χ4v) is 0.735. The molecular formula is C2F10OS. The van der Waals surface area contributed by atoms with Crippen molar-refractivity contribution in [3.05, 3.63) is 0 Å². The van der Waals surface area contributed by atoms with Crippen LogP contribution in [0.4, 0.5) is 41.4 Å². The summed E-state index contributed by atoms with van der Waals surface area (Å²) < 4.78 is 112. The summed E-state index contributed by atoms with van der Waals surface area (Å²) in [5, 5.41) is 0. The minimum atomic E-state index is -11.3. The van der Waals surface area contributed by atoms with E-state index in [-0.39, 0.29) is 0 Å². The van der Waals surface area contributed by atoms with E-state index in [2.05, 4.69) is 0 Å². The van der Waals surface area contributed by atoms with E-state index in [1.165, 1.54) is 0 Å². The van der Waals surface area contributed by atoms with Crippen LogP contribution in [-0.2, 0) is 4.18 Å². The Morgan fingerprint density at radius 2 is 1.00 bits per heavy atom. The Morgan fingerprint density at radius 3 is 1.07 bits per heavy atom. The van der Waals surface area contributed by atoms with Gasteiger partial charge in [0, 0.05) is 0 Å². The maximum absolute atomic E-state index is 11.4. The number of alkyl halides is 5. The summed E-state index contributed by atoms with van der Waals surface area (Å²) in [4.78, 5) is 0. The summed E-state index contributed by atoms with van der Waals surface area (Å²) in [6.07, 6.45) is -13.8. The highest BCUT2D eigenvalue weighted by atomic mass is 32.5. The average Bonchev–Trinajstić information content (AvgIpc) is 1.46. The van der Waals surface area contributed by atoms with Crippen LogP contribution in [0.15, 0.2) is 0 Å². The van der Waals surface area contributed by atoms with Crippen LogP contribution in [0.5, 0.6) is 0 Å². The van der Waals surface area contributed by atoms with Crippen molar-refractivity contribution in [2.75, 3.05) is 0 Å². The summed E-state index contributed by atoms with van der Waals surface area (Å²) in [6, 6.07) is 0. The van der Waals surface area contributed by atoms with Crippen LogP contribution in [-0.4, -0.2) is 12.3 Å². The largest absolute Gasteiger partial charge is 0.484 e. The molecule has 0 unspecified atom stereocenters. The Balaban J connectivity index is 5.08. The van der Waals surface area contributed by atoms with Crippen molar-refractivity contribution >= 4 is 10.5 Å². The van der Waals surface area contributed by atoms with Crippen molar-refractivity contribution < 1.29 is 45.6 Å². The molecule has 0 atom stereocenters. The standard InChI is InChI=1S/C2F10OS/c3-1(4,5)2(6,7)13-14(8,9,10,11)12. The van der Waals surface area contributed by atoms with E-state index in [4.69, 9.17) is 0 Å². The van der Waals surface area contributed by atoms with Gasteiger partial charge in [-0.1, -0.05) is 19.4 Å². The Hall–Kier alpha value is -0.390. The highest BCUT2D eigenvalue weighted by Gasteiger charge is 2.77. The molecule has 0 bridgehead atoms. The minimum absolute atomic E-state index is 0.691. The Kier molecular flexibility index (Phi) is 2.17. The molecule has 0 saturated heterocycles. The van der Waals surface area contributed by atoms with E-state index >= 15 is 0 Å². The third kappa shape index (κ3) is 4.74. The highest BCUT2D eigenvalue weighted by Crippen LogP contribution is 2.99. The average molecular weight is 262 g/mol. The molecule has 1 nitrogen and oxygen atoms in total. The van der Waals surface area contributed by atoms with Gasteiger partial charge in [0.1, 0.15) is 0 Å². The molecule has 0 aliphatic rings. The number of rotatable bonds is 2. The third-order valence-electron chi connectivity index (χ3n) is 0.592. The number of hydrogen-bond donors (Lipinski definition) is 0. The van der Waals surface area contributed by atoms with E-state index in [1.54, 1.807) is 0 Å². The van der Waals surface area contributed by atoms with Gasteiger partial charge in [0.2, 0.25) is 0 Å². The van der Waals surface area contributed by atoms with Crippen LogP contribution < -0.4 is 0 Å². The molecule has 14 heavy (non-hydrogen) atoms. The van der Waals surface area contributed by atoms with E-state index < -0.39 is 22.8 Å². The molecule has 0 amide bonds. The first-order valence-electron chi connectivity index (χ1n) is 2.34. The van der Waals surface area contributed by atoms with Crippen LogP contribution in [0, 0.1) is 0 Å². The van der Waals surface area contributed by atoms with Gasteiger partial charge in [-0.2, -0.15) is 26.1 Å². The van der Waals surface area contributed by atoms with Gasteiger partial charge in [-0.15, -0.1) is 0 Å². The van der Waals surface area contributed by atoms with Gasteiger partial charge in [0.25, 0.3) is 0 Å². The number of halogens is 10. The fraction of sp³-hybridized carbons (Fsp3) is 1.00. The Morgan fingerprint density at radius 1 is 0.714 bits per heavy atom. The van der Waals surface area contributed by atoms with Gasteiger partial charge < -0.3 is 0 Å². The second kappa shape index (κ2) is 2.23. The molecule has 12 heteroatoms. The van der Waals surface area contributed by atoms with Crippen LogP contribution in [0.2, 0.25) is 0 Å². The van der Waals surface area contributed by atoms with Gasteiger partial charge in [0.15, 0.2) is 0 Å². The molecule has 0 fully saturated rings. The predicted molar refractivity (Wildman–Crippen MR) is 25.2 cm³/mol. The van der Waals surface area contributed by atoms with Crippen molar-refractivity contribution in [3.63, 3.8) is 0 Å². The highest BCUT2D eigenvalue weighted by molar-refractivity contribution is 8.42. The van der Waals surface area contributed by atoms with Gasteiger partial charge in [-0.25, -0.2) is 0 Å². The summed E-state index contributed by atoms with van der Waals surface area (Å²) in [5.41, 5.74) is 0. The zero-order chi connectivity index (χ0) is 12.1. The first-order chi connectivity index (χ1) is 5.43. The van der Waals surface area contributed by atoms with Crippen molar-refractivity contribution in [2.45, 2.75) is 12.3 Å². The quantitative estimate of drug-likeness (QED) is 0.671. The first kappa shape index (κ1) is 13.6. The topological polar surface area (TPSA) is 9.23 Å². The lowest BCUT2D eigenvalue weighted by atomic mass is 10.6. The Labute approximate surface area is 69.6 Å². The number of hydrogen-bond acceptors (Lipinski definition) is 1. The van der Waals surface area contributed by atoms with Crippen LogP contribution in [0.25, 0.3) is 0 Å². The van der Waals surface area contributed by atoms with Crippen molar-refractivity contribution in [2.24, 2.45) is 0 Å². The molecule has 0 aromatic heterocycles. The predicted octanol–water partition coefficient (Wildman–Crippen LogP) is 4.37. The lowest BCUT2D eigenvalue weighted by Crippen LogP contribution is -2.41. The molecule has 0 aliphatic carbocycles. The maximum Gasteiger partial charge on any atom is 0.484 e. The summed E-state index contributed by atoms with van der Waals surface area (Å²) >= 11 is 0. The van der Waals surface area contributed by atoms with E-state index in [0.717, 1.165) is 0 Å². The zero-order valence-corrected chi connectivity index (χ0v) is 6.41. The SMILES string of the molecule is FC(F)(F)C(F)(F)OS(F)(F)(F)(F)F. The minimum Gasteiger partial charge on any atom is -0.165 e. The van der Waals surface area contributed by atoms with Gasteiger partial charge in [-0.3, -0.25) is 0 Å². The molecule has 0 aliphatic heterocycles. The van der Waals surface area contributed by atoms with Crippen LogP contribution in [0.1, 0.15) is 0 Å². The second-order valence-electron chi connectivity index (χ2n) is 2.00. The van der Waals surface area contributed by atoms with Gasteiger partial charge >= 0.3 is 22.8 Å². The summed E-state index contributed by atoms with van der Waals surface area (Å²) in [6.45, 7) is 0. The zero-order valence-electron chi connectivity index (χ0n) is 5.60. The van der Waals surface area contributed by atoms with Crippen LogP contribution in [0.3, 0.4) is 0 Å². The van der Waals surface area contributed by atoms with Gasteiger partial charge in [-0.05, 0) is 0 Å². The monoisotopic (exact) mass is 262 g/mol. The lowest BCUT2D eigenvalue weighted by molar-refractivity contribution is -0.368. The molecule has 90 valence electrons. The van der Waals surface area contributed by atoms with E-state index in [9.17, 15) is 41.4 Å². The molecule has 0 aromatic carbocycles. The summed E-state index contributed by atoms with van der Waals surface area (Å²) in [7, 11) is -11.3. The van der Waals surface area contributed by atoms with E-state index in [0.29, 0.717) is 4.18 Å². The molecule has 0 rings (SSSR count). The molecule has 0 spiro atoms. The van der Waals surface area contributed by atoms with Gasteiger partial charge in [0.05, 0.1) is 0 Å². The molecule has 0 N–H and O–H groups in total. The molecule has 0 saturated carbocycles. The molecular weight excluding hydrogens is 262 g/mol. The molecule has 0 heterocycles. The maximum atomic E-state index is 11.4. The third-order valence-corrected chi connectivity index (χ3v) is 1.12. The van der Waals surface area contributed by atoms with Crippen molar-refractivity contribution in [1.82, 2.24) is 0 Å². The first-order valence-corrected chi connectivity index (χ1v) is 4.21. The normalized spacial score (nSPS) is 20.1. The second-order valence-corrected chi connectivity index (χ2v) is 3.96. The van der Waals surface area contributed by atoms with E-state index in [1.807, 2.05) is 0 Å². The van der Waals surface area contributed by atoms with Crippen LogP contribution >= 0.6 is 10.5 Å². The fourth-order valence-electron chi connectivity index (χ4n) is 0.245. The van der Waals surface area contributed by atoms with Crippen molar-refractivity contribution in [1.29, 1.82) is 0 Å². The van der Waals surface area contributed by atoms with Crippen molar-refractivity contribution in [3.8, 4) is 0 Å². The molecule has 0 radical (unpaired) electrons. The Bertz CT molecular complexity index is 229.